The SMILES string of the molecule is CCCCCCCc1cccc(OC(C)=O)c1. The van der Waals surface area contributed by atoms with E-state index in [2.05, 4.69) is 13.0 Å². The third kappa shape index (κ3) is 6.10. The fourth-order valence-electron chi connectivity index (χ4n) is 1.86. The van der Waals surface area contributed by atoms with Crippen LogP contribution in [-0.4, -0.2) is 5.97 Å². The molecule has 0 N–H and O–H groups in total. The summed E-state index contributed by atoms with van der Waals surface area (Å²) in [6.45, 7) is 3.65. The zero-order valence-electron chi connectivity index (χ0n) is 10.9. The fraction of sp³-hybridized carbons (Fsp3) is 0.533. The highest BCUT2D eigenvalue weighted by Gasteiger charge is 1.99. The predicted molar refractivity (Wildman–Crippen MR) is 70.2 cm³/mol. The summed E-state index contributed by atoms with van der Waals surface area (Å²) in [4.78, 5) is 10.8. The highest BCUT2D eigenvalue weighted by atomic mass is 16.5. The van der Waals surface area contributed by atoms with E-state index in [0.29, 0.717) is 5.75 Å². The fourth-order valence-corrected chi connectivity index (χ4v) is 1.86. The average molecular weight is 234 g/mol. The van der Waals surface area contributed by atoms with Gasteiger partial charge in [-0.25, -0.2) is 0 Å². The number of unbranched alkanes of at least 4 members (excludes halogenated alkanes) is 4. The normalized spacial score (nSPS) is 10.2. The molecule has 1 aromatic carbocycles. The van der Waals surface area contributed by atoms with Crippen LogP contribution >= 0.6 is 0 Å². The molecule has 2 nitrogen and oxygen atoms in total. The summed E-state index contributed by atoms with van der Waals surface area (Å²) in [6, 6.07) is 7.82. The number of benzene rings is 1. The number of carbonyl (C=O) groups is 1. The molecule has 0 aliphatic rings. The zero-order valence-corrected chi connectivity index (χ0v) is 10.9. The second-order valence-electron chi connectivity index (χ2n) is 4.41. The number of rotatable bonds is 7. The Labute approximate surface area is 104 Å². The largest absolute Gasteiger partial charge is 0.427 e. The van der Waals surface area contributed by atoms with Gasteiger partial charge in [0.2, 0.25) is 0 Å². The molecule has 0 atom stereocenters. The first kappa shape index (κ1) is 13.8. The van der Waals surface area contributed by atoms with Gasteiger partial charge in [0.15, 0.2) is 0 Å². The Bertz CT molecular complexity index is 345. The highest BCUT2D eigenvalue weighted by Crippen LogP contribution is 2.16. The van der Waals surface area contributed by atoms with E-state index in [1.54, 1.807) is 0 Å². The number of esters is 1. The van der Waals surface area contributed by atoms with Crippen molar-refractivity contribution in [3.63, 3.8) is 0 Å². The molecule has 0 heterocycles. The quantitative estimate of drug-likeness (QED) is 0.403. The first-order valence-corrected chi connectivity index (χ1v) is 6.49. The lowest BCUT2D eigenvalue weighted by molar-refractivity contribution is -0.131. The summed E-state index contributed by atoms with van der Waals surface area (Å²) in [5.74, 6) is 0.397. The summed E-state index contributed by atoms with van der Waals surface area (Å²) >= 11 is 0. The molecule has 94 valence electrons. The minimum atomic E-state index is -0.259. The molecule has 1 rings (SSSR count). The molecule has 0 saturated heterocycles. The minimum absolute atomic E-state index is 0.259. The van der Waals surface area contributed by atoms with Crippen molar-refractivity contribution in [1.29, 1.82) is 0 Å². The second kappa shape index (κ2) is 7.88. The summed E-state index contributed by atoms with van der Waals surface area (Å²) in [6.07, 6.45) is 7.49. The van der Waals surface area contributed by atoms with E-state index in [-0.39, 0.29) is 5.97 Å². The topological polar surface area (TPSA) is 26.3 Å². The molecule has 0 radical (unpaired) electrons. The van der Waals surface area contributed by atoms with Crippen molar-refractivity contribution in [2.75, 3.05) is 0 Å². The molecule has 1 aromatic rings. The smallest absolute Gasteiger partial charge is 0.308 e. The number of carbonyl (C=O) groups excluding carboxylic acids is 1. The maximum absolute atomic E-state index is 10.8. The second-order valence-corrected chi connectivity index (χ2v) is 4.41. The van der Waals surface area contributed by atoms with E-state index in [1.165, 1.54) is 44.6 Å². The Kier molecular flexibility index (Phi) is 6.38. The van der Waals surface area contributed by atoms with Crippen LogP contribution in [0.2, 0.25) is 0 Å². The van der Waals surface area contributed by atoms with Gasteiger partial charge >= 0.3 is 5.97 Å². The van der Waals surface area contributed by atoms with Gasteiger partial charge < -0.3 is 4.74 Å². The Morgan fingerprint density at radius 1 is 1.18 bits per heavy atom. The molecule has 0 unspecified atom stereocenters. The van der Waals surface area contributed by atoms with Gasteiger partial charge in [-0.3, -0.25) is 4.79 Å². The molecule has 0 bridgehead atoms. The number of hydrogen-bond acceptors (Lipinski definition) is 2. The molecular formula is C15H22O2. The molecule has 17 heavy (non-hydrogen) atoms. The van der Waals surface area contributed by atoms with Crippen molar-refractivity contribution >= 4 is 5.97 Å². The van der Waals surface area contributed by atoms with Crippen LogP contribution in [0.25, 0.3) is 0 Å². The highest BCUT2D eigenvalue weighted by molar-refractivity contribution is 5.69. The molecular weight excluding hydrogens is 212 g/mol. The summed E-state index contributed by atoms with van der Waals surface area (Å²) < 4.78 is 5.06. The van der Waals surface area contributed by atoms with Crippen LogP contribution in [0.15, 0.2) is 24.3 Å². The van der Waals surface area contributed by atoms with Crippen molar-refractivity contribution in [2.45, 2.75) is 52.4 Å². The first-order valence-electron chi connectivity index (χ1n) is 6.49. The molecule has 0 aliphatic carbocycles. The third-order valence-electron chi connectivity index (χ3n) is 2.73. The van der Waals surface area contributed by atoms with Crippen LogP contribution in [0.3, 0.4) is 0 Å². The summed E-state index contributed by atoms with van der Waals surface area (Å²) in [7, 11) is 0. The van der Waals surface area contributed by atoms with Gasteiger partial charge in [0.1, 0.15) is 5.75 Å². The van der Waals surface area contributed by atoms with Crippen molar-refractivity contribution < 1.29 is 9.53 Å². The van der Waals surface area contributed by atoms with Crippen LogP contribution in [-0.2, 0) is 11.2 Å². The monoisotopic (exact) mass is 234 g/mol. The lowest BCUT2D eigenvalue weighted by Gasteiger charge is -2.05. The van der Waals surface area contributed by atoms with Crippen LogP contribution in [0.1, 0.15) is 51.5 Å². The maximum atomic E-state index is 10.8. The van der Waals surface area contributed by atoms with E-state index in [1.807, 2.05) is 18.2 Å². The van der Waals surface area contributed by atoms with Gasteiger partial charge in [-0.2, -0.15) is 0 Å². The molecule has 2 heteroatoms. The van der Waals surface area contributed by atoms with E-state index in [4.69, 9.17) is 4.74 Å². The van der Waals surface area contributed by atoms with Crippen molar-refractivity contribution in [1.82, 2.24) is 0 Å². The van der Waals surface area contributed by atoms with Gasteiger partial charge in [0.25, 0.3) is 0 Å². The van der Waals surface area contributed by atoms with Crippen LogP contribution in [0.4, 0.5) is 0 Å². The zero-order chi connectivity index (χ0) is 12.5. The number of hydrogen-bond donors (Lipinski definition) is 0. The molecule has 0 amide bonds. The van der Waals surface area contributed by atoms with Crippen molar-refractivity contribution in [3.05, 3.63) is 29.8 Å². The number of ether oxygens (including phenoxy) is 1. The van der Waals surface area contributed by atoms with Gasteiger partial charge in [0, 0.05) is 6.92 Å². The van der Waals surface area contributed by atoms with Gasteiger partial charge in [0.05, 0.1) is 0 Å². The van der Waals surface area contributed by atoms with E-state index < -0.39 is 0 Å². The molecule has 0 fully saturated rings. The Morgan fingerprint density at radius 3 is 2.65 bits per heavy atom. The van der Waals surface area contributed by atoms with Gasteiger partial charge in [-0.15, -0.1) is 0 Å². The average Bonchev–Trinajstić information content (AvgIpc) is 2.28. The lowest BCUT2D eigenvalue weighted by Crippen LogP contribution is -2.01. The predicted octanol–water partition coefficient (Wildman–Crippen LogP) is 4.12. The molecule has 0 aromatic heterocycles. The maximum Gasteiger partial charge on any atom is 0.308 e. The Morgan fingerprint density at radius 2 is 1.94 bits per heavy atom. The number of aryl methyl sites for hydroxylation is 1. The summed E-state index contributed by atoms with van der Waals surface area (Å²) in [5, 5.41) is 0. The van der Waals surface area contributed by atoms with Crippen molar-refractivity contribution in [2.24, 2.45) is 0 Å². The third-order valence-corrected chi connectivity index (χ3v) is 2.73. The minimum Gasteiger partial charge on any atom is -0.427 e. The Hall–Kier alpha value is -1.31. The summed E-state index contributed by atoms with van der Waals surface area (Å²) in [5.41, 5.74) is 1.25. The van der Waals surface area contributed by atoms with E-state index >= 15 is 0 Å². The van der Waals surface area contributed by atoms with Gasteiger partial charge in [-0.1, -0.05) is 44.7 Å². The Balaban J connectivity index is 2.35. The molecule has 0 aliphatic heterocycles. The van der Waals surface area contributed by atoms with E-state index in [9.17, 15) is 4.79 Å². The lowest BCUT2D eigenvalue weighted by atomic mass is 10.1. The first-order chi connectivity index (χ1) is 8.22. The van der Waals surface area contributed by atoms with Crippen LogP contribution in [0, 0.1) is 0 Å². The molecule has 0 spiro atoms. The van der Waals surface area contributed by atoms with Crippen LogP contribution in [0.5, 0.6) is 5.75 Å². The van der Waals surface area contributed by atoms with E-state index in [0.717, 1.165) is 6.42 Å². The van der Waals surface area contributed by atoms with Gasteiger partial charge in [-0.05, 0) is 30.5 Å². The molecule has 0 saturated carbocycles. The van der Waals surface area contributed by atoms with Crippen molar-refractivity contribution in [3.8, 4) is 5.75 Å². The van der Waals surface area contributed by atoms with Crippen LogP contribution < -0.4 is 4.74 Å². The standard InChI is InChI=1S/C15H22O2/c1-3-4-5-6-7-9-14-10-8-11-15(12-14)17-13(2)16/h8,10-12H,3-7,9H2,1-2H3.